The normalized spacial score (nSPS) is 13.5. The number of carbonyl (C=O) groups is 3. The van der Waals surface area contributed by atoms with E-state index in [0.717, 1.165) is 16.0 Å². The molecule has 0 bridgehead atoms. The summed E-state index contributed by atoms with van der Waals surface area (Å²) in [6.07, 6.45) is 0. The van der Waals surface area contributed by atoms with E-state index < -0.39 is 17.7 Å². The Morgan fingerprint density at radius 2 is 1.73 bits per heavy atom. The molecule has 0 saturated carbocycles. The zero-order chi connectivity index (χ0) is 23.5. The SMILES string of the molecule is Cc1ccc(C(=O)Nc2cccc(O)c2)cc1NC1=C(Cl)C(=O)N(Cc2ccccc2)C1=O. The number of benzene rings is 3. The van der Waals surface area contributed by atoms with Crippen molar-refractivity contribution in [1.82, 2.24) is 4.90 Å². The molecule has 0 atom stereocenters. The number of aromatic hydroxyl groups is 1. The Morgan fingerprint density at radius 1 is 0.970 bits per heavy atom. The summed E-state index contributed by atoms with van der Waals surface area (Å²) in [5.41, 5.74) is 2.74. The number of rotatable bonds is 6. The zero-order valence-corrected chi connectivity index (χ0v) is 18.4. The molecule has 3 amide bonds. The number of hydrogen-bond donors (Lipinski definition) is 3. The number of anilines is 2. The molecule has 3 aromatic carbocycles. The van der Waals surface area contributed by atoms with E-state index in [4.69, 9.17) is 11.6 Å². The van der Waals surface area contributed by atoms with Crippen LogP contribution in [0.2, 0.25) is 0 Å². The van der Waals surface area contributed by atoms with E-state index in [0.29, 0.717) is 16.9 Å². The van der Waals surface area contributed by atoms with E-state index >= 15 is 0 Å². The van der Waals surface area contributed by atoms with Gasteiger partial charge in [0.25, 0.3) is 17.7 Å². The maximum atomic E-state index is 12.9. The standard InChI is InChI=1S/C25H20ClN3O4/c1-15-10-11-17(23(31)27-18-8-5-9-19(30)13-18)12-20(15)28-22-21(26)24(32)29(25(22)33)14-16-6-3-2-4-7-16/h2-13,28,30H,14H2,1H3,(H,27,31). The van der Waals surface area contributed by atoms with Gasteiger partial charge in [0.2, 0.25) is 0 Å². The summed E-state index contributed by atoms with van der Waals surface area (Å²) in [6.45, 7) is 1.90. The van der Waals surface area contributed by atoms with Crippen LogP contribution in [0.5, 0.6) is 5.75 Å². The van der Waals surface area contributed by atoms with Gasteiger partial charge in [0, 0.05) is 23.0 Å². The van der Waals surface area contributed by atoms with Crippen LogP contribution in [0, 0.1) is 6.92 Å². The van der Waals surface area contributed by atoms with Crippen molar-refractivity contribution in [2.75, 3.05) is 10.6 Å². The Morgan fingerprint density at radius 3 is 2.45 bits per heavy atom. The number of amides is 3. The highest BCUT2D eigenvalue weighted by Gasteiger charge is 2.38. The number of phenols is 1. The Labute approximate surface area is 195 Å². The highest BCUT2D eigenvalue weighted by molar-refractivity contribution is 6.48. The minimum absolute atomic E-state index is 0.0325. The molecule has 3 aromatic rings. The molecule has 8 heteroatoms. The molecule has 0 spiro atoms. The number of halogens is 1. The average molecular weight is 462 g/mol. The van der Waals surface area contributed by atoms with Gasteiger partial charge in [-0.05, 0) is 42.3 Å². The lowest BCUT2D eigenvalue weighted by Gasteiger charge is -2.16. The largest absolute Gasteiger partial charge is 0.508 e. The molecule has 1 aliphatic rings. The minimum Gasteiger partial charge on any atom is -0.508 e. The van der Waals surface area contributed by atoms with Gasteiger partial charge >= 0.3 is 0 Å². The van der Waals surface area contributed by atoms with Gasteiger partial charge in [-0.1, -0.05) is 54.1 Å². The van der Waals surface area contributed by atoms with Crippen molar-refractivity contribution >= 4 is 40.7 Å². The van der Waals surface area contributed by atoms with Gasteiger partial charge in [0.1, 0.15) is 16.5 Å². The maximum Gasteiger partial charge on any atom is 0.279 e. The van der Waals surface area contributed by atoms with Crippen LogP contribution in [0.25, 0.3) is 0 Å². The van der Waals surface area contributed by atoms with Crippen LogP contribution in [-0.2, 0) is 16.1 Å². The van der Waals surface area contributed by atoms with Gasteiger partial charge in [0.15, 0.2) is 0 Å². The summed E-state index contributed by atoms with van der Waals surface area (Å²) in [6, 6.07) is 20.3. The first-order valence-corrected chi connectivity index (χ1v) is 10.5. The van der Waals surface area contributed by atoms with Gasteiger partial charge in [-0.15, -0.1) is 0 Å². The molecule has 33 heavy (non-hydrogen) atoms. The Bertz CT molecular complexity index is 1290. The number of nitrogens with one attached hydrogen (secondary N) is 2. The van der Waals surface area contributed by atoms with Gasteiger partial charge < -0.3 is 15.7 Å². The van der Waals surface area contributed by atoms with Crippen LogP contribution < -0.4 is 10.6 Å². The summed E-state index contributed by atoms with van der Waals surface area (Å²) in [4.78, 5) is 39.3. The molecule has 7 nitrogen and oxygen atoms in total. The van der Waals surface area contributed by atoms with E-state index in [1.54, 1.807) is 37.3 Å². The summed E-state index contributed by atoms with van der Waals surface area (Å²) >= 11 is 6.21. The van der Waals surface area contributed by atoms with Gasteiger partial charge in [-0.25, -0.2) is 0 Å². The van der Waals surface area contributed by atoms with Crippen LogP contribution >= 0.6 is 11.6 Å². The lowest BCUT2D eigenvalue weighted by molar-refractivity contribution is -0.138. The molecular formula is C25H20ClN3O4. The smallest absolute Gasteiger partial charge is 0.279 e. The first-order valence-electron chi connectivity index (χ1n) is 10.1. The molecule has 0 aliphatic carbocycles. The summed E-state index contributed by atoms with van der Waals surface area (Å²) < 4.78 is 0. The second-order valence-electron chi connectivity index (χ2n) is 7.53. The van der Waals surface area contributed by atoms with Crippen molar-refractivity contribution < 1.29 is 19.5 Å². The maximum absolute atomic E-state index is 12.9. The third-order valence-corrected chi connectivity index (χ3v) is 5.51. The topological polar surface area (TPSA) is 98.7 Å². The number of carbonyl (C=O) groups excluding carboxylic acids is 3. The molecule has 0 unspecified atom stereocenters. The molecule has 4 rings (SSSR count). The molecular weight excluding hydrogens is 442 g/mol. The number of aryl methyl sites for hydroxylation is 1. The predicted octanol–water partition coefficient (Wildman–Crippen LogP) is 4.38. The molecule has 1 heterocycles. The van der Waals surface area contributed by atoms with Crippen LogP contribution in [-0.4, -0.2) is 27.7 Å². The number of phenolic OH excluding ortho intramolecular Hbond substituents is 1. The second kappa shape index (κ2) is 9.18. The van der Waals surface area contributed by atoms with Crippen LogP contribution in [0.4, 0.5) is 11.4 Å². The molecule has 3 N–H and O–H groups in total. The Kier molecular flexibility index (Phi) is 6.15. The molecule has 0 radical (unpaired) electrons. The van der Waals surface area contributed by atoms with Crippen molar-refractivity contribution in [2.45, 2.75) is 13.5 Å². The van der Waals surface area contributed by atoms with Crippen molar-refractivity contribution in [3.63, 3.8) is 0 Å². The third-order valence-electron chi connectivity index (χ3n) is 5.16. The van der Waals surface area contributed by atoms with Crippen molar-refractivity contribution in [3.8, 4) is 5.75 Å². The predicted molar refractivity (Wildman–Crippen MR) is 126 cm³/mol. The van der Waals surface area contributed by atoms with Crippen molar-refractivity contribution in [2.24, 2.45) is 0 Å². The van der Waals surface area contributed by atoms with Crippen molar-refractivity contribution in [1.29, 1.82) is 0 Å². The molecule has 166 valence electrons. The van der Waals surface area contributed by atoms with E-state index in [1.165, 1.54) is 12.1 Å². The first kappa shape index (κ1) is 22.1. The lowest BCUT2D eigenvalue weighted by atomic mass is 10.1. The van der Waals surface area contributed by atoms with Crippen LogP contribution in [0.1, 0.15) is 21.5 Å². The third kappa shape index (κ3) is 4.73. The Hall–Kier alpha value is -4.10. The number of imide groups is 1. The average Bonchev–Trinajstić information content (AvgIpc) is 2.99. The fraction of sp³-hybridized carbons (Fsp3) is 0.0800. The van der Waals surface area contributed by atoms with Gasteiger partial charge in [-0.3, -0.25) is 19.3 Å². The fourth-order valence-electron chi connectivity index (χ4n) is 3.38. The van der Waals surface area contributed by atoms with E-state index in [-0.39, 0.29) is 23.0 Å². The minimum atomic E-state index is -0.580. The van der Waals surface area contributed by atoms with Gasteiger partial charge in [0.05, 0.1) is 6.54 Å². The molecule has 0 saturated heterocycles. The highest BCUT2D eigenvalue weighted by Crippen LogP contribution is 2.29. The second-order valence-corrected chi connectivity index (χ2v) is 7.91. The summed E-state index contributed by atoms with van der Waals surface area (Å²) in [5.74, 6) is -1.49. The Balaban J connectivity index is 1.54. The van der Waals surface area contributed by atoms with Gasteiger partial charge in [-0.2, -0.15) is 0 Å². The van der Waals surface area contributed by atoms with E-state index in [1.807, 2.05) is 30.3 Å². The number of hydrogen-bond acceptors (Lipinski definition) is 5. The quantitative estimate of drug-likeness (QED) is 0.473. The van der Waals surface area contributed by atoms with E-state index in [9.17, 15) is 19.5 Å². The lowest BCUT2D eigenvalue weighted by Crippen LogP contribution is -2.31. The van der Waals surface area contributed by atoms with E-state index in [2.05, 4.69) is 10.6 Å². The summed E-state index contributed by atoms with van der Waals surface area (Å²) in [5, 5.41) is 15.0. The van der Waals surface area contributed by atoms with Crippen molar-refractivity contribution in [3.05, 3.63) is 100 Å². The van der Waals surface area contributed by atoms with Crippen LogP contribution in [0.15, 0.2) is 83.5 Å². The zero-order valence-electron chi connectivity index (χ0n) is 17.6. The monoisotopic (exact) mass is 461 g/mol. The molecule has 1 aliphatic heterocycles. The number of nitrogens with zero attached hydrogens (tertiary/aromatic N) is 1. The molecule has 0 aromatic heterocycles. The highest BCUT2D eigenvalue weighted by atomic mass is 35.5. The first-order chi connectivity index (χ1) is 15.8. The van der Waals surface area contributed by atoms with Crippen LogP contribution in [0.3, 0.4) is 0 Å². The summed E-state index contributed by atoms with van der Waals surface area (Å²) in [7, 11) is 0. The fourth-order valence-corrected chi connectivity index (χ4v) is 3.61. The molecule has 0 fully saturated rings.